The minimum Gasteiger partial charge on any atom is -0.353 e. The molecule has 0 aliphatic heterocycles. The summed E-state index contributed by atoms with van der Waals surface area (Å²) in [5.41, 5.74) is 6.84. The minimum absolute atomic E-state index is 0.0467. The van der Waals surface area contributed by atoms with Crippen LogP contribution in [0.5, 0.6) is 0 Å². The number of fused-ring (bicyclic) bond motifs is 2. The summed E-state index contributed by atoms with van der Waals surface area (Å²) in [6.07, 6.45) is 5.59. The molecule has 1 aromatic carbocycles. The lowest BCUT2D eigenvalue weighted by Gasteiger charge is -2.06. The van der Waals surface area contributed by atoms with Gasteiger partial charge in [0.15, 0.2) is 5.78 Å². The molecule has 0 saturated carbocycles. The highest BCUT2D eigenvalue weighted by Crippen LogP contribution is 2.36. The first kappa shape index (κ1) is 22.8. The Morgan fingerprint density at radius 2 is 1.81 bits per heavy atom. The molecule has 0 bridgehead atoms. The number of benzene rings is 1. The van der Waals surface area contributed by atoms with Crippen LogP contribution in [-0.2, 0) is 4.79 Å². The number of ketones is 1. The zero-order valence-electron chi connectivity index (χ0n) is 20.1. The highest BCUT2D eigenvalue weighted by molar-refractivity contribution is 7.17. The number of aromatic nitrogens is 5. The third kappa shape index (κ3) is 4.19. The van der Waals surface area contributed by atoms with E-state index < -0.39 is 0 Å². The fraction of sp³-hybridized carbons (Fsp3) is 0.107. The van der Waals surface area contributed by atoms with Gasteiger partial charge in [-0.2, -0.15) is 5.10 Å². The molecule has 0 spiro atoms. The lowest BCUT2D eigenvalue weighted by molar-refractivity contribution is -0.115. The fourth-order valence-corrected chi connectivity index (χ4v) is 5.26. The van der Waals surface area contributed by atoms with Gasteiger partial charge in [0.25, 0.3) is 0 Å². The summed E-state index contributed by atoms with van der Waals surface area (Å²) in [7, 11) is 0. The van der Waals surface area contributed by atoms with Crippen LogP contribution in [0.1, 0.15) is 29.9 Å². The van der Waals surface area contributed by atoms with Gasteiger partial charge in [-0.3, -0.25) is 24.7 Å². The van der Waals surface area contributed by atoms with E-state index in [0.29, 0.717) is 17.0 Å². The van der Waals surface area contributed by atoms with Gasteiger partial charge in [-0.25, -0.2) is 0 Å². The molecular weight excluding hydrogens is 484 g/mol. The average Bonchev–Trinajstić information content (AvgIpc) is 3.66. The molecule has 0 aliphatic rings. The van der Waals surface area contributed by atoms with Gasteiger partial charge in [-0.05, 0) is 55.0 Å². The second kappa shape index (κ2) is 9.11. The Hall–Kier alpha value is -4.63. The number of hydrogen-bond donors (Lipinski definition) is 3. The molecule has 1 amide bonds. The maximum atomic E-state index is 11.8. The zero-order chi connectivity index (χ0) is 25.5. The van der Waals surface area contributed by atoms with E-state index in [4.69, 9.17) is 0 Å². The van der Waals surface area contributed by atoms with Crippen molar-refractivity contribution in [2.75, 3.05) is 5.32 Å². The van der Waals surface area contributed by atoms with Gasteiger partial charge >= 0.3 is 0 Å². The Bertz CT molecular complexity index is 1810. The molecule has 0 atom stereocenters. The molecule has 0 aliphatic carbocycles. The van der Waals surface area contributed by atoms with E-state index in [-0.39, 0.29) is 11.7 Å². The Morgan fingerprint density at radius 3 is 2.62 bits per heavy atom. The molecule has 37 heavy (non-hydrogen) atoms. The number of aromatic amines is 2. The Labute approximate surface area is 215 Å². The van der Waals surface area contributed by atoms with Crippen molar-refractivity contribution >= 4 is 50.5 Å². The van der Waals surface area contributed by atoms with Gasteiger partial charge in [0.1, 0.15) is 5.69 Å². The standard InChI is InChI=1S/C28H22N6O2S/c1-3-26(36)31-18-10-17(13-29-14-18)16-4-5-22-19(11-16)27(34-33-22)23-12-20-21(32-23)8-9-30-28(20)25-7-6-24(37-25)15(2)35/h4-14,32H,3H2,1-2H3,(H,31,36)(H,33,34). The lowest BCUT2D eigenvalue weighted by Crippen LogP contribution is -2.09. The Kier molecular flexibility index (Phi) is 5.61. The molecule has 0 fully saturated rings. The second-order valence-corrected chi connectivity index (χ2v) is 9.80. The van der Waals surface area contributed by atoms with Crippen molar-refractivity contribution < 1.29 is 9.59 Å². The molecule has 9 heteroatoms. The number of anilines is 1. The maximum Gasteiger partial charge on any atom is 0.224 e. The predicted molar refractivity (Wildman–Crippen MR) is 147 cm³/mol. The minimum atomic E-state index is -0.0562. The van der Waals surface area contributed by atoms with E-state index in [0.717, 1.165) is 54.9 Å². The van der Waals surface area contributed by atoms with Gasteiger partial charge < -0.3 is 10.3 Å². The quantitative estimate of drug-likeness (QED) is 0.225. The van der Waals surface area contributed by atoms with Gasteiger partial charge in [0, 0.05) is 40.7 Å². The number of pyridine rings is 2. The number of carbonyl (C=O) groups excluding carboxylic acids is 2. The van der Waals surface area contributed by atoms with Gasteiger partial charge in [0.05, 0.1) is 38.5 Å². The van der Waals surface area contributed by atoms with E-state index in [1.165, 1.54) is 11.3 Å². The monoisotopic (exact) mass is 506 g/mol. The van der Waals surface area contributed by atoms with Crippen LogP contribution in [0.4, 0.5) is 5.69 Å². The first-order valence-corrected chi connectivity index (χ1v) is 12.6. The highest BCUT2D eigenvalue weighted by atomic mass is 32.1. The van der Waals surface area contributed by atoms with Crippen molar-refractivity contribution in [3.8, 4) is 33.1 Å². The molecule has 3 N–H and O–H groups in total. The van der Waals surface area contributed by atoms with Crippen LogP contribution in [-0.4, -0.2) is 36.8 Å². The van der Waals surface area contributed by atoms with Crippen molar-refractivity contribution in [3.05, 3.63) is 72.0 Å². The Balaban J connectivity index is 1.42. The SMILES string of the molecule is CCC(=O)Nc1cncc(-c2ccc3[nH]nc(-c4cc5c(-c6ccc(C(C)=O)s6)nccc5[nH]4)c3c2)c1. The number of Topliss-reactive ketones (excluding diaryl/α,β-unsaturated/α-hetero) is 1. The van der Waals surface area contributed by atoms with Gasteiger partial charge in [-0.1, -0.05) is 13.0 Å². The first-order valence-electron chi connectivity index (χ1n) is 11.8. The van der Waals surface area contributed by atoms with Crippen LogP contribution in [0.15, 0.2) is 67.1 Å². The zero-order valence-corrected chi connectivity index (χ0v) is 20.9. The number of amides is 1. The fourth-order valence-electron chi connectivity index (χ4n) is 4.35. The molecule has 0 unspecified atom stereocenters. The molecule has 0 saturated heterocycles. The summed E-state index contributed by atoms with van der Waals surface area (Å²) in [5.74, 6) is -0.00952. The summed E-state index contributed by atoms with van der Waals surface area (Å²) in [6.45, 7) is 3.39. The van der Waals surface area contributed by atoms with Crippen molar-refractivity contribution in [2.45, 2.75) is 20.3 Å². The van der Waals surface area contributed by atoms with E-state index >= 15 is 0 Å². The molecule has 0 radical (unpaired) electrons. The van der Waals surface area contributed by atoms with E-state index in [1.54, 1.807) is 25.5 Å². The molecule has 8 nitrogen and oxygen atoms in total. The number of hydrogen-bond acceptors (Lipinski definition) is 6. The molecule has 6 rings (SSSR count). The summed E-state index contributed by atoms with van der Waals surface area (Å²) in [6, 6.07) is 15.7. The molecule has 6 aromatic rings. The average molecular weight is 507 g/mol. The molecule has 5 aromatic heterocycles. The van der Waals surface area contributed by atoms with Gasteiger partial charge in [-0.15, -0.1) is 11.3 Å². The van der Waals surface area contributed by atoms with Gasteiger partial charge in [0.2, 0.25) is 5.91 Å². The number of H-pyrrole nitrogens is 2. The smallest absolute Gasteiger partial charge is 0.224 e. The summed E-state index contributed by atoms with van der Waals surface area (Å²) >= 11 is 1.44. The molecule has 5 heterocycles. The van der Waals surface area contributed by atoms with E-state index in [2.05, 4.69) is 42.6 Å². The van der Waals surface area contributed by atoms with Crippen molar-refractivity contribution in [1.82, 2.24) is 25.1 Å². The Morgan fingerprint density at radius 1 is 0.946 bits per heavy atom. The van der Waals surface area contributed by atoms with Crippen LogP contribution >= 0.6 is 11.3 Å². The lowest BCUT2D eigenvalue weighted by atomic mass is 10.0. The second-order valence-electron chi connectivity index (χ2n) is 8.72. The number of nitrogens with one attached hydrogen (secondary N) is 3. The number of nitrogens with zero attached hydrogens (tertiary/aromatic N) is 3. The third-order valence-electron chi connectivity index (χ3n) is 6.23. The normalized spacial score (nSPS) is 11.3. The van der Waals surface area contributed by atoms with E-state index in [9.17, 15) is 9.59 Å². The van der Waals surface area contributed by atoms with Crippen LogP contribution in [0.3, 0.4) is 0 Å². The number of carbonyl (C=O) groups is 2. The third-order valence-corrected chi connectivity index (χ3v) is 7.42. The number of rotatable bonds is 6. The van der Waals surface area contributed by atoms with Crippen molar-refractivity contribution in [2.24, 2.45) is 0 Å². The first-order chi connectivity index (χ1) is 18.0. The van der Waals surface area contributed by atoms with Crippen LogP contribution < -0.4 is 5.32 Å². The van der Waals surface area contributed by atoms with Crippen LogP contribution in [0.2, 0.25) is 0 Å². The summed E-state index contributed by atoms with van der Waals surface area (Å²) in [4.78, 5) is 37.7. The largest absolute Gasteiger partial charge is 0.353 e. The van der Waals surface area contributed by atoms with Crippen molar-refractivity contribution in [1.29, 1.82) is 0 Å². The van der Waals surface area contributed by atoms with Crippen molar-refractivity contribution in [3.63, 3.8) is 0 Å². The maximum absolute atomic E-state index is 11.8. The molecular formula is C28H22N6O2S. The topological polar surface area (TPSA) is 116 Å². The van der Waals surface area contributed by atoms with Crippen LogP contribution in [0.25, 0.3) is 54.9 Å². The summed E-state index contributed by atoms with van der Waals surface area (Å²) < 4.78 is 0. The predicted octanol–water partition coefficient (Wildman–Crippen LogP) is 6.45. The summed E-state index contributed by atoms with van der Waals surface area (Å²) in [5, 5.41) is 12.5. The molecule has 182 valence electrons. The van der Waals surface area contributed by atoms with E-state index in [1.807, 2.05) is 43.3 Å². The number of thiophene rings is 1. The van der Waals surface area contributed by atoms with Crippen LogP contribution in [0, 0.1) is 0 Å². The highest BCUT2D eigenvalue weighted by Gasteiger charge is 2.16.